The van der Waals surface area contributed by atoms with E-state index in [2.05, 4.69) is 74.7 Å². The van der Waals surface area contributed by atoms with E-state index < -0.39 is 16.6 Å². The van der Waals surface area contributed by atoms with E-state index in [1.807, 2.05) is 0 Å². The van der Waals surface area contributed by atoms with Crippen molar-refractivity contribution < 1.29 is 13.6 Å². The molecule has 0 aromatic heterocycles. The summed E-state index contributed by atoms with van der Waals surface area (Å²) in [5.74, 6) is -0.0426. The van der Waals surface area contributed by atoms with Crippen LogP contribution >= 0.6 is 0 Å². The van der Waals surface area contributed by atoms with Crippen molar-refractivity contribution in [3.8, 4) is 0 Å². The number of hydrogen-bond donors (Lipinski definition) is 0. The van der Waals surface area contributed by atoms with Gasteiger partial charge in [0.2, 0.25) is 0 Å². The van der Waals surface area contributed by atoms with Gasteiger partial charge in [0.25, 0.3) is 14.3 Å². The van der Waals surface area contributed by atoms with Crippen LogP contribution in [0.4, 0.5) is 0 Å². The van der Waals surface area contributed by atoms with Gasteiger partial charge < -0.3 is 8.85 Å². The number of hydrogen-bond acceptors (Lipinski definition) is 3. The number of unbranched alkanes of at least 4 members (excludes halogenated alkanes) is 3. The fourth-order valence-electron chi connectivity index (χ4n) is 2.42. The third-order valence-electron chi connectivity index (χ3n) is 6.49. The summed E-state index contributed by atoms with van der Waals surface area (Å²) < 4.78 is 12.6. The lowest BCUT2D eigenvalue weighted by molar-refractivity contribution is -0.136. The number of carbonyl (C=O) groups is 1. The van der Waals surface area contributed by atoms with Crippen molar-refractivity contribution in [2.75, 3.05) is 0 Å². The van der Waals surface area contributed by atoms with Crippen LogP contribution in [0.5, 0.6) is 0 Å². The van der Waals surface area contributed by atoms with Crippen molar-refractivity contribution in [2.24, 2.45) is 0 Å². The Balaban J connectivity index is 4.87. The van der Waals surface area contributed by atoms with Gasteiger partial charge in [0.1, 0.15) is 0 Å². The molecular weight excluding hydrogens is 368 g/mol. The highest BCUT2D eigenvalue weighted by Crippen LogP contribution is 2.39. The molecule has 27 heavy (non-hydrogen) atoms. The normalized spacial score (nSPS) is 14.9. The maximum Gasteiger partial charge on any atom is 0.292 e. The van der Waals surface area contributed by atoms with Crippen molar-refractivity contribution in [3.05, 3.63) is 0 Å². The molecule has 0 bridgehead atoms. The zero-order chi connectivity index (χ0) is 21.5. The Kier molecular flexibility index (Phi) is 10.5. The second kappa shape index (κ2) is 10.6. The molecule has 0 aromatic carbocycles. The molecule has 0 saturated carbocycles. The van der Waals surface area contributed by atoms with E-state index in [0.717, 1.165) is 12.8 Å². The summed E-state index contributed by atoms with van der Waals surface area (Å²) in [5, 5.41) is 0.246. The first-order chi connectivity index (χ1) is 12.0. The van der Waals surface area contributed by atoms with Crippen LogP contribution in [-0.4, -0.2) is 28.7 Å². The van der Waals surface area contributed by atoms with E-state index in [-0.39, 0.29) is 22.1 Å². The molecule has 1 unspecified atom stereocenters. The Morgan fingerprint density at radius 1 is 0.815 bits per heavy atom. The molecule has 0 saturated heterocycles. The third-order valence-corrected chi connectivity index (χ3v) is 15.4. The van der Waals surface area contributed by atoms with E-state index in [1.54, 1.807) is 0 Å². The van der Waals surface area contributed by atoms with Gasteiger partial charge >= 0.3 is 0 Å². The van der Waals surface area contributed by atoms with Gasteiger partial charge in [-0.2, -0.15) is 0 Å². The summed E-state index contributed by atoms with van der Waals surface area (Å²) in [6.07, 6.45) is 7.44. The molecule has 0 spiro atoms. The molecule has 0 amide bonds. The molecule has 0 fully saturated rings. The van der Waals surface area contributed by atoms with Gasteiger partial charge in [-0.15, -0.1) is 0 Å². The second-order valence-electron chi connectivity index (χ2n) is 11.1. The van der Waals surface area contributed by atoms with Crippen molar-refractivity contribution in [3.63, 3.8) is 0 Å². The first-order valence-electron chi connectivity index (χ1n) is 10.9. The van der Waals surface area contributed by atoms with Crippen molar-refractivity contribution in [1.29, 1.82) is 0 Å². The van der Waals surface area contributed by atoms with E-state index in [1.165, 1.54) is 25.7 Å². The Bertz CT molecular complexity index is 445. The molecule has 0 aliphatic carbocycles. The molecule has 0 aromatic rings. The first-order valence-corrected chi connectivity index (χ1v) is 16.7. The van der Waals surface area contributed by atoms with Crippen molar-refractivity contribution in [1.82, 2.24) is 0 Å². The van der Waals surface area contributed by atoms with Gasteiger partial charge in [0, 0.05) is 12.5 Å². The summed E-state index contributed by atoms with van der Waals surface area (Å²) >= 11 is 0. The molecule has 1 atom stereocenters. The van der Waals surface area contributed by atoms with Gasteiger partial charge in [-0.3, -0.25) is 4.79 Å². The Labute approximate surface area is 172 Å². The minimum absolute atomic E-state index is 0.0426. The fraction of sp³-hybridized carbons (Fsp3) is 0.955. The lowest BCUT2D eigenvalue weighted by atomic mass is 10.1. The summed E-state index contributed by atoms with van der Waals surface area (Å²) in [6.45, 7) is 24.5. The van der Waals surface area contributed by atoms with Crippen LogP contribution in [0, 0.1) is 0 Å². The summed E-state index contributed by atoms with van der Waals surface area (Å²) in [4.78, 5) is 12.5. The monoisotopic (exact) mass is 416 g/mol. The predicted molar refractivity (Wildman–Crippen MR) is 123 cm³/mol. The summed E-state index contributed by atoms with van der Waals surface area (Å²) in [7, 11) is -3.86. The zero-order valence-electron chi connectivity index (χ0n) is 20.3. The summed E-state index contributed by atoms with van der Waals surface area (Å²) in [5.41, 5.74) is 0. The van der Waals surface area contributed by atoms with Gasteiger partial charge in [-0.1, -0.05) is 74.1 Å². The van der Waals surface area contributed by atoms with Crippen LogP contribution in [-0.2, 0) is 13.6 Å². The minimum atomic E-state index is -2.03. The first kappa shape index (κ1) is 26.9. The maximum atomic E-state index is 12.5. The number of carbonyl (C=O) groups excluding carboxylic acids is 1. The van der Waals surface area contributed by atoms with E-state index >= 15 is 0 Å². The second-order valence-corrected chi connectivity index (χ2v) is 20.6. The summed E-state index contributed by atoms with van der Waals surface area (Å²) in [6, 6.07) is 0. The molecular formula is C22H48O3Si2. The van der Waals surface area contributed by atoms with Crippen molar-refractivity contribution >= 4 is 22.6 Å². The Morgan fingerprint density at radius 2 is 1.33 bits per heavy atom. The molecule has 0 heterocycles. The van der Waals surface area contributed by atoms with Crippen LogP contribution < -0.4 is 0 Å². The topological polar surface area (TPSA) is 35.5 Å². The van der Waals surface area contributed by atoms with Crippen LogP contribution in [0.25, 0.3) is 0 Å². The van der Waals surface area contributed by atoms with Crippen LogP contribution in [0.3, 0.4) is 0 Å². The Hall–Kier alpha value is -0.136. The molecule has 0 rings (SSSR count). The van der Waals surface area contributed by atoms with E-state index in [4.69, 9.17) is 8.85 Å². The van der Waals surface area contributed by atoms with Gasteiger partial charge in [0.05, 0.1) is 0 Å². The standard InChI is InChI=1S/C22H48O3Si2/c1-12-13-14-15-16-19(24-26(8,9)21(2,3)4)17-18-20(23)25-27(10,11)22(5,6)7/h19H,12-18H2,1-11H3. The van der Waals surface area contributed by atoms with Gasteiger partial charge in [0.15, 0.2) is 8.32 Å². The van der Waals surface area contributed by atoms with E-state index in [9.17, 15) is 4.79 Å². The van der Waals surface area contributed by atoms with E-state index in [0.29, 0.717) is 6.42 Å². The average molecular weight is 417 g/mol. The predicted octanol–water partition coefficient (Wildman–Crippen LogP) is 7.68. The SMILES string of the molecule is CCCCCCC(CCC(=O)O[Si](C)(C)C(C)(C)C)O[Si](C)(C)C(C)(C)C. The van der Waals surface area contributed by atoms with Crippen LogP contribution in [0.2, 0.25) is 36.3 Å². The number of rotatable bonds is 11. The average Bonchev–Trinajstić information content (AvgIpc) is 2.45. The highest BCUT2D eigenvalue weighted by atomic mass is 28.4. The quantitative estimate of drug-likeness (QED) is 0.256. The lowest BCUT2D eigenvalue weighted by Gasteiger charge is -2.39. The molecule has 5 heteroatoms. The molecule has 0 N–H and O–H groups in total. The minimum Gasteiger partial charge on any atom is -0.519 e. The molecule has 0 aliphatic rings. The maximum absolute atomic E-state index is 12.5. The largest absolute Gasteiger partial charge is 0.519 e. The molecule has 162 valence electrons. The van der Waals surface area contributed by atoms with Gasteiger partial charge in [-0.25, -0.2) is 0 Å². The molecule has 0 radical (unpaired) electrons. The van der Waals surface area contributed by atoms with Crippen molar-refractivity contribution in [2.45, 2.75) is 136 Å². The van der Waals surface area contributed by atoms with Crippen LogP contribution in [0.1, 0.15) is 93.4 Å². The molecule has 3 nitrogen and oxygen atoms in total. The third kappa shape index (κ3) is 9.75. The molecule has 0 aliphatic heterocycles. The zero-order valence-corrected chi connectivity index (χ0v) is 22.3. The van der Waals surface area contributed by atoms with Crippen LogP contribution in [0.15, 0.2) is 0 Å². The van der Waals surface area contributed by atoms with Gasteiger partial charge in [-0.05, 0) is 49.1 Å². The fourth-order valence-corrected chi connectivity index (χ4v) is 4.82. The Morgan fingerprint density at radius 3 is 1.78 bits per heavy atom. The highest BCUT2D eigenvalue weighted by Gasteiger charge is 2.41. The highest BCUT2D eigenvalue weighted by molar-refractivity contribution is 6.75. The lowest BCUT2D eigenvalue weighted by Crippen LogP contribution is -2.44. The smallest absolute Gasteiger partial charge is 0.292 e.